The maximum atomic E-state index is 12.8. The minimum atomic E-state index is -0.802. The molecule has 0 spiro atoms. The first-order valence-electron chi connectivity index (χ1n) is 4.55. The Hall–Kier alpha value is -0.960. The lowest BCUT2D eigenvalue weighted by atomic mass is 9.93. The molecule has 0 amide bonds. The Morgan fingerprint density at radius 1 is 1.38 bits per heavy atom. The summed E-state index contributed by atoms with van der Waals surface area (Å²) in [6.45, 7) is 0. The molecule has 1 aromatic rings. The van der Waals surface area contributed by atoms with Crippen molar-refractivity contribution in [3.8, 4) is 0 Å². The van der Waals surface area contributed by atoms with Gasteiger partial charge >= 0.3 is 0 Å². The number of halogens is 1. The van der Waals surface area contributed by atoms with Gasteiger partial charge in [-0.05, 0) is 30.5 Å². The van der Waals surface area contributed by atoms with Crippen LogP contribution in [0.3, 0.4) is 0 Å². The third kappa shape index (κ3) is 1.56. The van der Waals surface area contributed by atoms with Gasteiger partial charge in [-0.2, -0.15) is 4.39 Å². The zero-order chi connectivity index (χ0) is 9.31. The smallest absolute Gasteiger partial charge is 0.213 e. The second kappa shape index (κ2) is 3.07. The van der Waals surface area contributed by atoms with E-state index in [1.54, 1.807) is 6.07 Å². The molecule has 1 fully saturated rings. The van der Waals surface area contributed by atoms with Gasteiger partial charge in [-0.3, -0.25) is 0 Å². The van der Waals surface area contributed by atoms with Gasteiger partial charge < -0.3 is 5.11 Å². The summed E-state index contributed by atoms with van der Waals surface area (Å²) in [7, 11) is 0. The van der Waals surface area contributed by atoms with Crippen molar-refractivity contribution in [1.82, 2.24) is 4.98 Å². The fraction of sp³-hybridized carbons (Fsp3) is 0.500. The van der Waals surface area contributed by atoms with Crippen molar-refractivity contribution >= 4 is 0 Å². The Balaban J connectivity index is 2.33. The lowest BCUT2D eigenvalue weighted by Gasteiger charge is -2.22. The maximum Gasteiger partial charge on any atom is 0.213 e. The number of aliphatic hydroxyl groups is 1. The van der Waals surface area contributed by atoms with E-state index in [4.69, 9.17) is 0 Å². The van der Waals surface area contributed by atoms with Crippen LogP contribution in [0.4, 0.5) is 4.39 Å². The number of hydrogen-bond donors (Lipinski definition) is 1. The van der Waals surface area contributed by atoms with Gasteiger partial charge in [0.2, 0.25) is 5.95 Å². The summed E-state index contributed by atoms with van der Waals surface area (Å²) >= 11 is 0. The standard InChI is InChI=1S/C10H12FNO/c11-9-7-8(3-6-12-9)10(13)4-1-2-5-10/h3,6-7,13H,1-2,4-5H2. The van der Waals surface area contributed by atoms with E-state index in [9.17, 15) is 9.50 Å². The number of hydrogen-bond acceptors (Lipinski definition) is 2. The fourth-order valence-electron chi connectivity index (χ4n) is 1.94. The van der Waals surface area contributed by atoms with Crippen molar-refractivity contribution in [3.63, 3.8) is 0 Å². The minimum Gasteiger partial charge on any atom is -0.385 e. The molecule has 1 saturated carbocycles. The van der Waals surface area contributed by atoms with Gasteiger partial charge in [-0.15, -0.1) is 0 Å². The van der Waals surface area contributed by atoms with Gasteiger partial charge in [-0.1, -0.05) is 12.8 Å². The van der Waals surface area contributed by atoms with Crippen LogP contribution in [0.25, 0.3) is 0 Å². The monoisotopic (exact) mass is 181 g/mol. The van der Waals surface area contributed by atoms with Crippen molar-refractivity contribution in [2.24, 2.45) is 0 Å². The average molecular weight is 181 g/mol. The Labute approximate surface area is 76.4 Å². The van der Waals surface area contributed by atoms with Gasteiger partial charge in [0.15, 0.2) is 0 Å². The van der Waals surface area contributed by atoms with E-state index in [2.05, 4.69) is 4.98 Å². The average Bonchev–Trinajstić information content (AvgIpc) is 2.54. The van der Waals surface area contributed by atoms with Crippen molar-refractivity contribution < 1.29 is 9.50 Å². The van der Waals surface area contributed by atoms with Gasteiger partial charge in [0, 0.05) is 6.20 Å². The fourth-order valence-corrected chi connectivity index (χ4v) is 1.94. The van der Waals surface area contributed by atoms with E-state index in [0.717, 1.165) is 25.7 Å². The molecular formula is C10H12FNO. The van der Waals surface area contributed by atoms with Gasteiger partial charge in [0.1, 0.15) is 0 Å². The lowest BCUT2D eigenvalue weighted by Crippen LogP contribution is -2.21. The molecular weight excluding hydrogens is 169 g/mol. The molecule has 0 unspecified atom stereocenters. The molecule has 1 aromatic heterocycles. The molecule has 13 heavy (non-hydrogen) atoms. The van der Waals surface area contributed by atoms with Gasteiger partial charge in [-0.25, -0.2) is 4.98 Å². The van der Waals surface area contributed by atoms with Crippen LogP contribution in [0.15, 0.2) is 18.3 Å². The van der Waals surface area contributed by atoms with E-state index >= 15 is 0 Å². The summed E-state index contributed by atoms with van der Waals surface area (Å²) in [5.41, 5.74) is -0.137. The summed E-state index contributed by atoms with van der Waals surface area (Å²) in [5, 5.41) is 10.1. The Morgan fingerprint density at radius 2 is 2.08 bits per heavy atom. The molecule has 0 aromatic carbocycles. The quantitative estimate of drug-likeness (QED) is 0.672. The third-order valence-electron chi connectivity index (χ3n) is 2.69. The van der Waals surface area contributed by atoms with Gasteiger partial charge in [0.25, 0.3) is 0 Å². The summed E-state index contributed by atoms with van der Waals surface area (Å²) in [6, 6.07) is 3.01. The number of aromatic nitrogens is 1. The Morgan fingerprint density at radius 3 is 2.69 bits per heavy atom. The van der Waals surface area contributed by atoms with Crippen LogP contribution in [0.1, 0.15) is 31.2 Å². The van der Waals surface area contributed by atoms with Crippen molar-refractivity contribution in [3.05, 3.63) is 29.8 Å². The zero-order valence-electron chi connectivity index (χ0n) is 7.33. The lowest BCUT2D eigenvalue weighted by molar-refractivity contribution is 0.0440. The van der Waals surface area contributed by atoms with Crippen LogP contribution in [-0.2, 0) is 5.60 Å². The molecule has 0 aliphatic heterocycles. The molecule has 0 bridgehead atoms. The predicted octanol–water partition coefficient (Wildman–Crippen LogP) is 1.98. The van der Waals surface area contributed by atoms with Crippen molar-refractivity contribution in [1.29, 1.82) is 0 Å². The number of pyridine rings is 1. The number of nitrogens with zero attached hydrogens (tertiary/aromatic N) is 1. The first kappa shape index (κ1) is 8.63. The summed E-state index contributed by atoms with van der Waals surface area (Å²) in [5.74, 6) is -0.516. The number of rotatable bonds is 1. The zero-order valence-corrected chi connectivity index (χ0v) is 7.33. The topological polar surface area (TPSA) is 33.1 Å². The molecule has 1 heterocycles. The van der Waals surface area contributed by atoms with Crippen LogP contribution in [-0.4, -0.2) is 10.1 Å². The largest absolute Gasteiger partial charge is 0.385 e. The van der Waals surface area contributed by atoms with Crippen LogP contribution >= 0.6 is 0 Å². The molecule has 70 valence electrons. The van der Waals surface area contributed by atoms with E-state index in [0.29, 0.717) is 5.56 Å². The highest BCUT2D eigenvalue weighted by atomic mass is 19.1. The highest BCUT2D eigenvalue weighted by Gasteiger charge is 2.33. The molecule has 1 N–H and O–H groups in total. The highest BCUT2D eigenvalue weighted by Crippen LogP contribution is 2.38. The first-order chi connectivity index (χ1) is 6.21. The first-order valence-corrected chi connectivity index (χ1v) is 4.55. The predicted molar refractivity (Wildman–Crippen MR) is 46.6 cm³/mol. The molecule has 0 saturated heterocycles. The molecule has 2 rings (SSSR count). The van der Waals surface area contributed by atoms with Crippen molar-refractivity contribution in [2.45, 2.75) is 31.3 Å². The maximum absolute atomic E-state index is 12.8. The normalized spacial score (nSPS) is 20.5. The second-order valence-corrected chi connectivity index (χ2v) is 3.61. The molecule has 1 aliphatic rings. The summed E-state index contributed by atoms with van der Waals surface area (Å²) in [6.07, 6.45) is 4.90. The van der Waals surface area contributed by atoms with Crippen LogP contribution in [0.2, 0.25) is 0 Å². The second-order valence-electron chi connectivity index (χ2n) is 3.61. The summed E-state index contributed by atoms with van der Waals surface area (Å²) < 4.78 is 12.8. The van der Waals surface area contributed by atoms with Crippen LogP contribution in [0, 0.1) is 5.95 Å². The third-order valence-corrected chi connectivity index (χ3v) is 2.69. The van der Waals surface area contributed by atoms with Crippen LogP contribution in [0.5, 0.6) is 0 Å². The van der Waals surface area contributed by atoms with E-state index in [-0.39, 0.29) is 0 Å². The van der Waals surface area contributed by atoms with Crippen molar-refractivity contribution in [2.75, 3.05) is 0 Å². The van der Waals surface area contributed by atoms with Gasteiger partial charge in [0.05, 0.1) is 5.60 Å². The minimum absolute atomic E-state index is 0.516. The molecule has 0 atom stereocenters. The molecule has 0 radical (unpaired) electrons. The van der Waals surface area contributed by atoms with Crippen LogP contribution < -0.4 is 0 Å². The molecule has 2 nitrogen and oxygen atoms in total. The Bertz CT molecular complexity index is 308. The summed E-state index contributed by atoms with van der Waals surface area (Å²) in [4.78, 5) is 3.46. The highest BCUT2D eigenvalue weighted by molar-refractivity contribution is 5.20. The molecule has 3 heteroatoms. The molecule has 1 aliphatic carbocycles. The van der Waals surface area contributed by atoms with E-state index < -0.39 is 11.5 Å². The Kier molecular flexibility index (Phi) is 2.04. The van der Waals surface area contributed by atoms with E-state index in [1.807, 2.05) is 0 Å². The van der Waals surface area contributed by atoms with E-state index in [1.165, 1.54) is 12.3 Å². The SMILES string of the molecule is OC1(c2ccnc(F)c2)CCCC1.